The van der Waals surface area contributed by atoms with Crippen LogP contribution in [0.3, 0.4) is 0 Å². The Hall–Kier alpha value is -0.610. The molecular formula is C11H23N3O. The lowest BCUT2D eigenvalue weighted by atomic mass is 9.76. The molecule has 1 unspecified atom stereocenters. The van der Waals surface area contributed by atoms with Gasteiger partial charge in [0.25, 0.3) is 0 Å². The first kappa shape index (κ1) is 12.5. The Morgan fingerprint density at radius 3 is 2.73 bits per heavy atom. The zero-order valence-electron chi connectivity index (χ0n) is 10.1. The predicted octanol–water partition coefficient (Wildman–Crippen LogP) is 0.749. The van der Waals surface area contributed by atoms with Gasteiger partial charge in [0, 0.05) is 20.6 Å². The van der Waals surface area contributed by atoms with Crippen LogP contribution in [0.4, 0.5) is 0 Å². The summed E-state index contributed by atoms with van der Waals surface area (Å²) in [5.41, 5.74) is 2.71. The molecule has 88 valence electrons. The van der Waals surface area contributed by atoms with Crippen molar-refractivity contribution in [2.75, 3.05) is 27.2 Å². The lowest BCUT2D eigenvalue weighted by Gasteiger charge is -2.36. The molecule has 0 saturated carbocycles. The summed E-state index contributed by atoms with van der Waals surface area (Å²) in [6, 6.07) is 0. The summed E-state index contributed by atoms with van der Waals surface area (Å²) in [5, 5.41) is 5.07. The third-order valence-electron chi connectivity index (χ3n) is 3.01. The second-order valence-corrected chi connectivity index (χ2v) is 4.65. The van der Waals surface area contributed by atoms with Gasteiger partial charge in [0.1, 0.15) is 0 Å². The van der Waals surface area contributed by atoms with Gasteiger partial charge >= 0.3 is 0 Å². The standard InChI is InChI=1S/C11H23N3O/c1-4-6-11(7-5-8-12-9-11)10(15)13-14(2)3/h12H,4-9H2,1-3H3,(H,13,15). The van der Waals surface area contributed by atoms with Crippen molar-refractivity contribution >= 4 is 5.91 Å². The molecule has 4 heteroatoms. The maximum absolute atomic E-state index is 12.1. The lowest BCUT2D eigenvalue weighted by Crippen LogP contribution is -2.53. The molecule has 1 amide bonds. The van der Waals surface area contributed by atoms with E-state index in [1.165, 1.54) is 0 Å². The molecule has 15 heavy (non-hydrogen) atoms. The van der Waals surface area contributed by atoms with E-state index in [0.717, 1.165) is 38.8 Å². The number of rotatable bonds is 4. The Morgan fingerprint density at radius 2 is 2.27 bits per heavy atom. The second kappa shape index (κ2) is 5.47. The van der Waals surface area contributed by atoms with Crippen molar-refractivity contribution in [3.63, 3.8) is 0 Å². The van der Waals surface area contributed by atoms with Crippen molar-refractivity contribution < 1.29 is 4.79 Å². The van der Waals surface area contributed by atoms with Gasteiger partial charge in [0.15, 0.2) is 0 Å². The van der Waals surface area contributed by atoms with Crippen LogP contribution in [-0.4, -0.2) is 38.1 Å². The maximum Gasteiger partial charge on any atom is 0.241 e. The quantitative estimate of drug-likeness (QED) is 0.677. The average Bonchev–Trinajstić information content (AvgIpc) is 2.18. The first-order chi connectivity index (χ1) is 7.10. The number of carbonyl (C=O) groups is 1. The van der Waals surface area contributed by atoms with E-state index in [1.54, 1.807) is 5.01 Å². The molecule has 0 spiro atoms. The van der Waals surface area contributed by atoms with Gasteiger partial charge in [0.05, 0.1) is 5.41 Å². The van der Waals surface area contributed by atoms with E-state index in [1.807, 2.05) is 14.1 Å². The average molecular weight is 213 g/mol. The molecule has 1 aliphatic heterocycles. The van der Waals surface area contributed by atoms with Crippen LogP contribution in [-0.2, 0) is 4.79 Å². The van der Waals surface area contributed by atoms with Gasteiger partial charge in [-0.05, 0) is 25.8 Å². The Morgan fingerprint density at radius 1 is 1.53 bits per heavy atom. The molecule has 2 N–H and O–H groups in total. The molecule has 1 atom stereocenters. The monoisotopic (exact) mass is 213 g/mol. The zero-order valence-corrected chi connectivity index (χ0v) is 10.1. The molecule has 1 rings (SSSR count). The van der Waals surface area contributed by atoms with Crippen molar-refractivity contribution in [1.82, 2.24) is 15.8 Å². The Balaban J connectivity index is 2.66. The molecule has 1 heterocycles. The minimum absolute atomic E-state index is 0.168. The number of nitrogens with one attached hydrogen (secondary N) is 2. The van der Waals surface area contributed by atoms with E-state index in [-0.39, 0.29) is 11.3 Å². The van der Waals surface area contributed by atoms with Crippen molar-refractivity contribution in [1.29, 1.82) is 0 Å². The smallest absolute Gasteiger partial charge is 0.241 e. The molecule has 1 fully saturated rings. The summed E-state index contributed by atoms with van der Waals surface area (Å²) in [5.74, 6) is 0.168. The van der Waals surface area contributed by atoms with Crippen LogP contribution in [0.5, 0.6) is 0 Å². The third kappa shape index (κ3) is 3.18. The van der Waals surface area contributed by atoms with Crippen LogP contribution >= 0.6 is 0 Å². The van der Waals surface area contributed by atoms with Crippen molar-refractivity contribution in [2.45, 2.75) is 32.6 Å². The molecule has 0 radical (unpaired) electrons. The zero-order chi connectivity index (χ0) is 11.3. The highest BCUT2D eigenvalue weighted by atomic mass is 16.2. The van der Waals surface area contributed by atoms with E-state index >= 15 is 0 Å². The molecule has 4 nitrogen and oxygen atoms in total. The minimum Gasteiger partial charge on any atom is -0.316 e. The normalized spacial score (nSPS) is 26.7. The van der Waals surface area contributed by atoms with E-state index in [2.05, 4.69) is 17.7 Å². The number of carbonyl (C=O) groups excluding carboxylic acids is 1. The van der Waals surface area contributed by atoms with Gasteiger partial charge < -0.3 is 5.32 Å². The number of piperidine rings is 1. The van der Waals surface area contributed by atoms with Gasteiger partial charge in [-0.2, -0.15) is 0 Å². The summed E-state index contributed by atoms with van der Waals surface area (Å²) in [6.07, 6.45) is 4.14. The third-order valence-corrected chi connectivity index (χ3v) is 3.01. The van der Waals surface area contributed by atoms with Crippen molar-refractivity contribution in [3.8, 4) is 0 Å². The van der Waals surface area contributed by atoms with Crippen LogP contribution in [0.1, 0.15) is 32.6 Å². The van der Waals surface area contributed by atoms with Crippen molar-refractivity contribution in [3.05, 3.63) is 0 Å². The van der Waals surface area contributed by atoms with Crippen LogP contribution in [0.2, 0.25) is 0 Å². The van der Waals surface area contributed by atoms with Crippen LogP contribution in [0.15, 0.2) is 0 Å². The highest BCUT2D eigenvalue weighted by Crippen LogP contribution is 2.31. The summed E-state index contributed by atoms with van der Waals surface area (Å²) in [4.78, 5) is 12.1. The number of hydrogen-bond donors (Lipinski definition) is 2. The van der Waals surface area contributed by atoms with E-state index in [0.29, 0.717) is 0 Å². The van der Waals surface area contributed by atoms with Gasteiger partial charge in [0.2, 0.25) is 5.91 Å². The highest BCUT2D eigenvalue weighted by Gasteiger charge is 2.38. The predicted molar refractivity (Wildman–Crippen MR) is 61.3 cm³/mol. The fraction of sp³-hybridized carbons (Fsp3) is 0.909. The fourth-order valence-electron chi connectivity index (χ4n) is 2.29. The second-order valence-electron chi connectivity index (χ2n) is 4.65. The first-order valence-electron chi connectivity index (χ1n) is 5.80. The largest absolute Gasteiger partial charge is 0.316 e. The molecular weight excluding hydrogens is 190 g/mol. The van der Waals surface area contributed by atoms with E-state index in [9.17, 15) is 4.79 Å². The maximum atomic E-state index is 12.1. The fourth-order valence-corrected chi connectivity index (χ4v) is 2.29. The molecule has 0 aliphatic carbocycles. The van der Waals surface area contributed by atoms with E-state index < -0.39 is 0 Å². The van der Waals surface area contributed by atoms with Crippen LogP contribution < -0.4 is 10.7 Å². The minimum atomic E-state index is -0.183. The summed E-state index contributed by atoms with van der Waals surface area (Å²) in [6.45, 7) is 4.00. The number of hydrogen-bond acceptors (Lipinski definition) is 3. The number of nitrogens with zero attached hydrogens (tertiary/aromatic N) is 1. The summed E-state index contributed by atoms with van der Waals surface area (Å²) in [7, 11) is 3.71. The van der Waals surface area contributed by atoms with Crippen molar-refractivity contribution in [2.24, 2.45) is 5.41 Å². The molecule has 0 aromatic rings. The molecule has 0 bridgehead atoms. The van der Waals surface area contributed by atoms with Gasteiger partial charge in [-0.25, -0.2) is 5.01 Å². The van der Waals surface area contributed by atoms with E-state index in [4.69, 9.17) is 0 Å². The van der Waals surface area contributed by atoms with Gasteiger partial charge in [-0.3, -0.25) is 10.2 Å². The number of hydrazine groups is 1. The lowest BCUT2D eigenvalue weighted by molar-refractivity contribution is -0.136. The van der Waals surface area contributed by atoms with Crippen LogP contribution in [0, 0.1) is 5.41 Å². The number of amides is 1. The van der Waals surface area contributed by atoms with Gasteiger partial charge in [-0.1, -0.05) is 13.3 Å². The van der Waals surface area contributed by atoms with Gasteiger partial charge in [-0.15, -0.1) is 0 Å². The highest BCUT2D eigenvalue weighted by molar-refractivity contribution is 5.82. The Kier molecular flexibility index (Phi) is 4.54. The molecule has 0 aromatic heterocycles. The first-order valence-corrected chi connectivity index (χ1v) is 5.80. The molecule has 1 aliphatic rings. The Bertz CT molecular complexity index is 204. The summed E-state index contributed by atoms with van der Waals surface area (Å²) >= 11 is 0. The molecule has 0 aromatic carbocycles. The summed E-state index contributed by atoms with van der Waals surface area (Å²) < 4.78 is 0. The SMILES string of the molecule is CCCC1(C(=O)NN(C)C)CCCNC1. The molecule has 1 saturated heterocycles. The Labute approximate surface area is 92.4 Å². The van der Waals surface area contributed by atoms with Crippen LogP contribution in [0.25, 0.3) is 0 Å². The topological polar surface area (TPSA) is 44.4 Å².